The predicted molar refractivity (Wildman–Crippen MR) is 66.1 cm³/mol. The molecule has 0 fully saturated rings. The maximum absolute atomic E-state index is 11.2. The number of fused-ring (bicyclic) bond motifs is 1. The van der Waals surface area contributed by atoms with Crippen molar-refractivity contribution >= 4 is 11.8 Å². The SMILES string of the molecule is CCOC(=O)N/N=C1/CCCc2ccccc21. The first-order valence-electron chi connectivity index (χ1n) is 5.89. The number of aryl methyl sites for hydroxylation is 1. The first-order valence-corrected chi connectivity index (χ1v) is 5.89. The summed E-state index contributed by atoms with van der Waals surface area (Å²) in [5, 5.41) is 4.14. The minimum Gasteiger partial charge on any atom is -0.449 e. The van der Waals surface area contributed by atoms with Crippen molar-refractivity contribution in [1.82, 2.24) is 5.43 Å². The molecular weight excluding hydrogens is 216 g/mol. The highest BCUT2D eigenvalue weighted by Crippen LogP contribution is 2.20. The third-order valence-electron chi connectivity index (χ3n) is 2.75. The fourth-order valence-corrected chi connectivity index (χ4v) is 1.99. The van der Waals surface area contributed by atoms with E-state index in [0.29, 0.717) is 6.61 Å². The molecule has 90 valence electrons. The first-order chi connectivity index (χ1) is 8.31. The minimum absolute atomic E-state index is 0.354. The highest BCUT2D eigenvalue weighted by Gasteiger charge is 2.14. The maximum atomic E-state index is 11.2. The van der Waals surface area contributed by atoms with E-state index in [1.54, 1.807) is 6.92 Å². The van der Waals surface area contributed by atoms with Crippen LogP contribution in [0.1, 0.15) is 30.9 Å². The molecule has 0 saturated heterocycles. The highest BCUT2D eigenvalue weighted by molar-refractivity contribution is 6.02. The molecule has 2 rings (SSSR count). The molecule has 4 heteroatoms. The van der Waals surface area contributed by atoms with Gasteiger partial charge in [0, 0.05) is 5.56 Å². The van der Waals surface area contributed by atoms with Gasteiger partial charge in [0.15, 0.2) is 0 Å². The Morgan fingerprint density at radius 2 is 2.24 bits per heavy atom. The van der Waals surface area contributed by atoms with Crippen LogP contribution < -0.4 is 5.43 Å². The van der Waals surface area contributed by atoms with Crippen LogP contribution in [-0.2, 0) is 11.2 Å². The van der Waals surface area contributed by atoms with E-state index in [1.807, 2.05) is 18.2 Å². The van der Waals surface area contributed by atoms with Crippen molar-refractivity contribution in [3.63, 3.8) is 0 Å². The van der Waals surface area contributed by atoms with E-state index in [2.05, 4.69) is 16.6 Å². The average Bonchev–Trinajstić information content (AvgIpc) is 2.36. The van der Waals surface area contributed by atoms with Crippen molar-refractivity contribution in [2.75, 3.05) is 6.61 Å². The quantitative estimate of drug-likeness (QED) is 0.796. The monoisotopic (exact) mass is 232 g/mol. The van der Waals surface area contributed by atoms with Crippen LogP contribution in [0.2, 0.25) is 0 Å². The molecule has 0 heterocycles. The summed E-state index contributed by atoms with van der Waals surface area (Å²) in [6.07, 6.45) is 2.54. The van der Waals surface area contributed by atoms with E-state index in [4.69, 9.17) is 4.74 Å². The van der Waals surface area contributed by atoms with Gasteiger partial charge >= 0.3 is 6.09 Å². The number of amides is 1. The molecule has 17 heavy (non-hydrogen) atoms. The number of hydrogen-bond acceptors (Lipinski definition) is 3. The van der Waals surface area contributed by atoms with Crippen LogP contribution in [0.15, 0.2) is 29.4 Å². The van der Waals surface area contributed by atoms with Gasteiger partial charge < -0.3 is 4.74 Å². The van der Waals surface area contributed by atoms with E-state index >= 15 is 0 Å². The smallest absolute Gasteiger partial charge is 0.427 e. The van der Waals surface area contributed by atoms with Gasteiger partial charge in [-0.05, 0) is 31.7 Å². The normalized spacial score (nSPS) is 16.4. The lowest BCUT2D eigenvalue weighted by molar-refractivity contribution is 0.152. The van der Waals surface area contributed by atoms with Gasteiger partial charge in [0.1, 0.15) is 0 Å². The number of hydrazone groups is 1. The summed E-state index contributed by atoms with van der Waals surface area (Å²) in [5.41, 5.74) is 5.78. The Bertz CT molecular complexity index is 441. The van der Waals surface area contributed by atoms with Crippen molar-refractivity contribution in [3.05, 3.63) is 35.4 Å². The van der Waals surface area contributed by atoms with Gasteiger partial charge in [0.05, 0.1) is 12.3 Å². The summed E-state index contributed by atoms with van der Waals surface area (Å²) < 4.78 is 4.76. The third kappa shape index (κ3) is 2.84. The molecule has 4 nitrogen and oxygen atoms in total. The van der Waals surface area contributed by atoms with Crippen molar-refractivity contribution in [3.8, 4) is 0 Å². The number of carbonyl (C=O) groups excluding carboxylic acids is 1. The maximum Gasteiger partial charge on any atom is 0.427 e. The molecule has 1 aliphatic carbocycles. The Kier molecular flexibility index (Phi) is 3.75. The molecule has 0 unspecified atom stereocenters. The second kappa shape index (κ2) is 5.48. The van der Waals surface area contributed by atoms with Gasteiger partial charge in [-0.3, -0.25) is 0 Å². The molecule has 0 spiro atoms. The van der Waals surface area contributed by atoms with E-state index in [9.17, 15) is 4.79 Å². The second-order valence-electron chi connectivity index (χ2n) is 3.90. The van der Waals surface area contributed by atoms with Gasteiger partial charge in [-0.15, -0.1) is 0 Å². The third-order valence-corrected chi connectivity index (χ3v) is 2.75. The predicted octanol–water partition coefficient (Wildman–Crippen LogP) is 2.47. The number of ether oxygens (including phenoxy) is 1. The summed E-state index contributed by atoms with van der Waals surface area (Å²) in [4.78, 5) is 11.2. The minimum atomic E-state index is -0.497. The zero-order valence-corrected chi connectivity index (χ0v) is 9.90. The fourth-order valence-electron chi connectivity index (χ4n) is 1.99. The van der Waals surface area contributed by atoms with Crippen LogP contribution in [0.5, 0.6) is 0 Å². The zero-order chi connectivity index (χ0) is 12.1. The topological polar surface area (TPSA) is 50.7 Å². The largest absolute Gasteiger partial charge is 0.449 e. The highest BCUT2D eigenvalue weighted by atomic mass is 16.5. The lowest BCUT2D eigenvalue weighted by Crippen LogP contribution is -2.22. The van der Waals surface area contributed by atoms with Crippen LogP contribution in [0.25, 0.3) is 0 Å². The molecule has 1 aromatic rings. The van der Waals surface area contributed by atoms with Crippen molar-refractivity contribution in [2.45, 2.75) is 26.2 Å². The number of rotatable bonds is 2. The molecule has 1 amide bonds. The standard InChI is InChI=1S/C13H16N2O2/c1-2-17-13(16)15-14-12-9-5-7-10-6-3-4-8-11(10)12/h3-4,6,8H,2,5,7,9H2,1H3,(H,15,16)/b14-12-. The summed E-state index contributed by atoms with van der Waals surface area (Å²) in [7, 11) is 0. The Balaban J connectivity index is 2.12. The number of benzene rings is 1. The molecule has 0 radical (unpaired) electrons. The summed E-state index contributed by atoms with van der Waals surface area (Å²) in [6.45, 7) is 2.12. The Hall–Kier alpha value is -1.84. The molecule has 0 aliphatic heterocycles. The van der Waals surface area contributed by atoms with Gasteiger partial charge in [-0.1, -0.05) is 24.3 Å². The molecule has 0 bridgehead atoms. The molecular formula is C13H16N2O2. The van der Waals surface area contributed by atoms with Crippen LogP contribution in [0, 0.1) is 0 Å². The van der Waals surface area contributed by atoms with Gasteiger partial charge in [0.25, 0.3) is 0 Å². The van der Waals surface area contributed by atoms with Crippen LogP contribution in [0.4, 0.5) is 4.79 Å². The van der Waals surface area contributed by atoms with E-state index in [-0.39, 0.29) is 0 Å². The van der Waals surface area contributed by atoms with E-state index < -0.39 is 6.09 Å². The van der Waals surface area contributed by atoms with Crippen molar-refractivity contribution in [2.24, 2.45) is 5.10 Å². The van der Waals surface area contributed by atoms with Gasteiger partial charge in [-0.2, -0.15) is 5.10 Å². The fraction of sp³-hybridized carbons (Fsp3) is 0.385. The van der Waals surface area contributed by atoms with Gasteiger partial charge in [-0.25, -0.2) is 10.2 Å². The number of nitrogens with zero attached hydrogens (tertiary/aromatic N) is 1. The molecule has 0 aromatic heterocycles. The summed E-state index contributed by atoms with van der Waals surface area (Å²) >= 11 is 0. The first kappa shape index (κ1) is 11.6. The van der Waals surface area contributed by atoms with Crippen molar-refractivity contribution < 1.29 is 9.53 Å². The number of hydrogen-bond donors (Lipinski definition) is 1. The number of carbonyl (C=O) groups is 1. The number of nitrogens with one attached hydrogen (secondary N) is 1. The lowest BCUT2D eigenvalue weighted by atomic mass is 9.90. The molecule has 0 atom stereocenters. The average molecular weight is 232 g/mol. The molecule has 1 N–H and O–H groups in total. The van der Waals surface area contributed by atoms with E-state index in [0.717, 1.165) is 30.5 Å². The molecule has 1 aliphatic rings. The van der Waals surface area contributed by atoms with Gasteiger partial charge in [0.2, 0.25) is 0 Å². The molecule has 0 saturated carbocycles. The Morgan fingerprint density at radius 3 is 3.06 bits per heavy atom. The Morgan fingerprint density at radius 1 is 1.41 bits per heavy atom. The zero-order valence-electron chi connectivity index (χ0n) is 9.90. The lowest BCUT2D eigenvalue weighted by Gasteiger charge is -2.17. The van der Waals surface area contributed by atoms with E-state index in [1.165, 1.54) is 5.56 Å². The van der Waals surface area contributed by atoms with Crippen molar-refractivity contribution in [1.29, 1.82) is 0 Å². The summed E-state index contributed by atoms with van der Waals surface area (Å²) in [5.74, 6) is 0. The molecule has 1 aromatic carbocycles. The van der Waals surface area contributed by atoms with Crippen LogP contribution >= 0.6 is 0 Å². The second-order valence-corrected chi connectivity index (χ2v) is 3.90. The Labute approximate surface area is 101 Å². The summed E-state index contributed by atoms with van der Waals surface area (Å²) in [6, 6.07) is 8.17. The van der Waals surface area contributed by atoms with Crippen LogP contribution in [0.3, 0.4) is 0 Å². The van der Waals surface area contributed by atoms with Crippen LogP contribution in [-0.4, -0.2) is 18.4 Å².